The first kappa shape index (κ1) is 32.3. The van der Waals surface area contributed by atoms with E-state index in [1.807, 2.05) is 0 Å². The highest BCUT2D eigenvalue weighted by Crippen LogP contribution is 2.44. The molecule has 0 radical (unpaired) electrons. The minimum Gasteiger partial charge on any atom is -0.551 e. The van der Waals surface area contributed by atoms with Gasteiger partial charge < -0.3 is 18.5 Å². The Morgan fingerprint density at radius 2 is 0.898 bits per heavy atom. The number of ether oxygens (including phenoxy) is 1. The first-order valence-electron chi connectivity index (χ1n) is 20.2. The van der Waals surface area contributed by atoms with E-state index in [1.54, 1.807) is 0 Å². The van der Waals surface area contributed by atoms with Crippen molar-refractivity contribution in [1.29, 1.82) is 0 Å². The van der Waals surface area contributed by atoms with Gasteiger partial charge >= 0.3 is 6.92 Å². The van der Waals surface area contributed by atoms with Crippen LogP contribution in [0, 0.1) is 0 Å². The molecule has 0 atom stereocenters. The molecule has 4 nitrogen and oxygen atoms in total. The second-order valence-corrected chi connectivity index (χ2v) is 15.6. The van der Waals surface area contributed by atoms with E-state index in [9.17, 15) is 0 Å². The number of hydrogen-bond acceptors (Lipinski definition) is 2. The van der Waals surface area contributed by atoms with Crippen molar-refractivity contribution in [3.05, 3.63) is 200 Å². The van der Waals surface area contributed by atoms with Crippen LogP contribution in [0.4, 0.5) is 0 Å². The van der Waals surface area contributed by atoms with Crippen molar-refractivity contribution in [2.24, 2.45) is 0 Å². The molecule has 5 heteroatoms. The summed E-state index contributed by atoms with van der Waals surface area (Å²) in [5.41, 5.74) is 15.8. The molecule has 2 aliphatic heterocycles. The molecule has 0 saturated heterocycles. The molecule has 4 heterocycles. The lowest BCUT2D eigenvalue weighted by Crippen LogP contribution is -2.53. The van der Waals surface area contributed by atoms with Crippen LogP contribution in [0.1, 0.15) is 0 Å². The van der Waals surface area contributed by atoms with Crippen LogP contribution in [-0.4, -0.2) is 16.0 Å². The van der Waals surface area contributed by atoms with Crippen LogP contribution in [-0.2, 0) is 0 Å². The third kappa shape index (κ3) is 4.73. The van der Waals surface area contributed by atoms with Gasteiger partial charge in [-0.1, -0.05) is 133 Å². The van der Waals surface area contributed by atoms with Crippen molar-refractivity contribution >= 4 is 61.5 Å². The topological polar surface area (TPSA) is 28.3 Å². The average molecular weight is 753 g/mol. The lowest BCUT2D eigenvalue weighted by atomic mass is 9.50. The van der Waals surface area contributed by atoms with Crippen molar-refractivity contribution in [3.63, 3.8) is 0 Å². The lowest BCUT2D eigenvalue weighted by Gasteiger charge is -2.33. The normalized spacial score (nSPS) is 12.6. The molecule has 0 aliphatic carbocycles. The van der Waals surface area contributed by atoms with Gasteiger partial charge in [-0.15, -0.1) is 0 Å². The molecule has 13 rings (SSSR count). The minimum atomic E-state index is -0.322. The van der Waals surface area contributed by atoms with E-state index in [0.717, 1.165) is 72.9 Å². The van der Waals surface area contributed by atoms with E-state index in [-0.39, 0.29) is 6.92 Å². The van der Waals surface area contributed by atoms with E-state index in [2.05, 4.69) is 209 Å². The van der Waals surface area contributed by atoms with Crippen molar-refractivity contribution in [3.8, 4) is 62.0 Å². The minimum absolute atomic E-state index is 0.322. The summed E-state index contributed by atoms with van der Waals surface area (Å²) >= 11 is 0. The fourth-order valence-electron chi connectivity index (χ4n) is 9.80. The summed E-state index contributed by atoms with van der Waals surface area (Å²) in [5.74, 6) is 2.51. The van der Waals surface area contributed by atoms with Gasteiger partial charge in [0.2, 0.25) is 0 Å². The van der Waals surface area contributed by atoms with Crippen LogP contribution in [0.25, 0.3) is 88.4 Å². The maximum absolute atomic E-state index is 6.94. The predicted molar refractivity (Wildman–Crippen MR) is 244 cm³/mol. The fourth-order valence-corrected chi connectivity index (χ4v) is 9.80. The molecule has 2 aromatic heterocycles. The molecule has 59 heavy (non-hydrogen) atoms. The van der Waals surface area contributed by atoms with Crippen LogP contribution in [0.5, 0.6) is 17.2 Å². The lowest BCUT2D eigenvalue weighted by molar-refractivity contribution is 0.479. The number of hydrogen-bond donors (Lipinski definition) is 0. The zero-order chi connectivity index (χ0) is 38.6. The predicted octanol–water partition coefficient (Wildman–Crippen LogP) is 12.5. The highest BCUT2D eigenvalue weighted by molar-refractivity contribution is 6.84. The zero-order valence-corrected chi connectivity index (χ0v) is 31.8. The Labute approximate surface area is 340 Å². The Hall–Kier alpha value is -7.76. The fraction of sp³-hybridized carbons (Fsp3) is 0. The summed E-state index contributed by atoms with van der Waals surface area (Å²) < 4.78 is 18.6. The number of aromatic nitrogens is 2. The molecule has 0 spiro atoms. The smallest absolute Gasteiger partial charge is 0.434 e. The largest absolute Gasteiger partial charge is 0.551 e. The number of fused-ring (bicyclic) bond motifs is 10. The highest BCUT2D eigenvalue weighted by Gasteiger charge is 2.41. The summed E-state index contributed by atoms with van der Waals surface area (Å²) in [6.07, 6.45) is 0. The molecule has 2 aliphatic rings. The van der Waals surface area contributed by atoms with Gasteiger partial charge in [0.15, 0.2) is 0 Å². The van der Waals surface area contributed by atoms with Gasteiger partial charge in [-0.3, -0.25) is 0 Å². The molecular weight excluding hydrogens is 719 g/mol. The van der Waals surface area contributed by atoms with Gasteiger partial charge in [0.25, 0.3) is 0 Å². The molecule has 9 aromatic carbocycles. The SMILES string of the molecule is c1ccc2c(c1)OB1c3cc(-c4ccc(-n5c6ccccc6c6ccccc65)cc4)ccc3Oc3cc(-c4ccccc4-n4c5ccccc5c5ccccc54)cc-2c31. The average Bonchev–Trinajstić information content (AvgIpc) is 3.82. The van der Waals surface area contributed by atoms with Gasteiger partial charge in [0.1, 0.15) is 17.2 Å². The molecule has 11 aromatic rings. The van der Waals surface area contributed by atoms with Crippen LogP contribution in [0.3, 0.4) is 0 Å². The summed E-state index contributed by atoms with van der Waals surface area (Å²) in [4.78, 5) is 0. The van der Waals surface area contributed by atoms with E-state index in [4.69, 9.17) is 9.39 Å². The van der Waals surface area contributed by atoms with Crippen molar-refractivity contribution in [2.45, 2.75) is 0 Å². The van der Waals surface area contributed by atoms with Crippen molar-refractivity contribution in [2.75, 3.05) is 0 Å². The summed E-state index contributed by atoms with van der Waals surface area (Å²) in [5, 5.41) is 5.00. The Kier molecular flexibility index (Phi) is 6.78. The Morgan fingerprint density at radius 3 is 1.56 bits per heavy atom. The summed E-state index contributed by atoms with van der Waals surface area (Å²) in [6, 6.07) is 71.7. The zero-order valence-electron chi connectivity index (χ0n) is 31.8. The second-order valence-electron chi connectivity index (χ2n) is 15.6. The van der Waals surface area contributed by atoms with Gasteiger partial charge in [0.05, 0.1) is 27.8 Å². The quantitative estimate of drug-likeness (QED) is 0.168. The van der Waals surface area contributed by atoms with E-state index in [1.165, 1.54) is 43.6 Å². The summed E-state index contributed by atoms with van der Waals surface area (Å²) in [6.45, 7) is -0.322. The van der Waals surface area contributed by atoms with E-state index < -0.39 is 0 Å². The molecule has 0 amide bonds. The molecule has 0 N–H and O–H groups in total. The monoisotopic (exact) mass is 752 g/mol. The maximum atomic E-state index is 6.94. The molecule has 0 unspecified atom stereocenters. The molecule has 0 fully saturated rings. The van der Waals surface area contributed by atoms with Gasteiger partial charge in [0, 0.05) is 49.3 Å². The van der Waals surface area contributed by atoms with Crippen LogP contribution < -0.4 is 20.3 Å². The molecular formula is C54H33BN2O2. The first-order valence-corrected chi connectivity index (χ1v) is 20.2. The Balaban J connectivity index is 0.930. The second kappa shape index (κ2) is 12.4. The number of nitrogens with zero attached hydrogens (tertiary/aromatic N) is 2. The van der Waals surface area contributed by atoms with Crippen molar-refractivity contribution in [1.82, 2.24) is 9.13 Å². The number of rotatable bonds is 4. The molecule has 0 saturated carbocycles. The Bertz CT molecular complexity index is 3420. The van der Waals surface area contributed by atoms with Crippen LogP contribution >= 0.6 is 0 Å². The third-order valence-electron chi connectivity index (χ3n) is 12.4. The molecule has 274 valence electrons. The van der Waals surface area contributed by atoms with Gasteiger partial charge in [-0.2, -0.15) is 0 Å². The first-order chi connectivity index (χ1) is 29.3. The van der Waals surface area contributed by atoms with Gasteiger partial charge in [-0.25, -0.2) is 0 Å². The summed E-state index contributed by atoms with van der Waals surface area (Å²) in [7, 11) is 0. The number of para-hydroxylation sites is 6. The van der Waals surface area contributed by atoms with Crippen LogP contribution in [0.15, 0.2) is 200 Å². The van der Waals surface area contributed by atoms with Gasteiger partial charge in [-0.05, 0) is 89.0 Å². The third-order valence-corrected chi connectivity index (χ3v) is 12.4. The van der Waals surface area contributed by atoms with E-state index >= 15 is 0 Å². The van der Waals surface area contributed by atoms with Crippen LogP contribution in [0.2, 0.25) is 0 Å². The standard InChI is InChI=1S/C54H33BN2O2/c1-7-19-46(57-49-22-10-4-16-41(49)42-17-5-11-23-50(42)57)38(13-1)36-31-44-43-18-6-12-24-51(43)59-55-45-32-35(27-30-52(45)58-53(33-36)54(44)55)34-25-28-37(29-26-34)56-47-20-8-2-14-39(47)40-15-3-9-21-48(40)56/h1-33H. The number of benzene rings is 9. The van der Waals surface area contributed by atoms with Crippen molar-refractivity contribution < 1.29 is 9.39 Å². The highest BCUT2D eigenvalue weighted by atomic mass is 16.5. The maximum Gasteiger partial charge on any atom is 0.434 e. The molecule has 0 bridgehead atoms. The van der Waals surface area contributed by atoms with E-state index in [0.29, 0.717) is 0 Å². The Morgan fingerprint density at radius 1 is 0.356 bits per heavy atom.